The normalized spacial score (nSPS) is 45.8. The van der Waals surface area contributed by atoms with Gasteiger partial charge in [-0.05, 0) is 6.92 Å². The zero-order chi connectivity index (χ0) is 7.99. The fourth-order valence-corrected chi connectivity index (χ4v) is 2.29. The van der Waals surface area contributed by atoms with Crippen LogP contribution in [0.3, 0.4) is 0 Å². The second-order valence-electron chi connectivity index (χ2n) is 1.87. The molecule has 1 rings (SSSR count). The molecule has 0 radical (unpaired) electrons. The summed E-state index contributed by atoms with van der Waals surface area (Å²) < 4.78 is 17.5. The zero-order valence-corrected chi connectivity index (χ0v) is 7.36. The lowest BCUT2D eigenvalue weighted by Crippen LogP contribution is -2.23. The Morgan fingerprint density at radius 2 is 2.20 bits per heavy atom. The van der Waals surface area contributed by atoms with Crippen molar-refractivity contribution in [2.75, 3.05) is 0 Å². The molecule has 0 aromatic heterocycles. The number of halogens is 2. The van der Waals surface area contributed by atoms with Crippen LogP contribution in [-0.4, -0.2) is 15.5 Å². The summed E-state index contributed by atoms with van der Waals surface area (Å²) in [6.45, 7) is 1.44. The Morgan fingerprint density at radius 3 is 2.30 bits per heavy atom. The summed E-state index contributed by atoms with van der Waals surface area (Å²) in [7, 11) is -3.98. The summed E-state index contributed by atoms with van der Waals surface area (Å²) in [4.78, 5) is 8.64. The lowest BCUT2D eigenvalue weighted by molar-refractivity contribution is 0.203. The topological polar surface area (TPSA) is 55.8 Å². The van der Waals surface area contributed by atoms with E-state index in [2.05, 4.69) is 9.05 Å². The van der Waals surface area contributed by atoms with Gasteiger partial charge in [0.1, 0.15) is 6.10 Å². The van der Waals surface area contributed by atoms with E-state index in [0.717, 1.165) is 0 Å². The van der Waals surface area contributed by atoms with Gasteiger partial charge in [0.15, 0.2) is 0 Å². The first-order valence-corrected chi connectivity index (χ1v) is 4.68. The minimum Gasteiger partial charge on any atom is -0.302 e. The highest BCUT2D eigenvalue weighted by Gasteiger charge is 2.51. The first-order valence-electron chi connectivity index (χ1n) is 2.43. The van der Waals surface area contributed by atoms with Crippen LogP contribution < -0.4 is 0 Å². The number of alkyl halides is 2. The minimum absolute atomic E-state index is 0.799. The van der Waals surface area contributed by atoms with Crippen molar-refractivity contribution in [3.05, 3.63) is 0 Å². The van der Waals surface area contributed by atoms with Gasteiger partial charge in [-0.15, -0.1) is 0 Å². The maximum Gasteiger partial charge on any atom is 0.475 e. The minimum atomic E-state index is -3.98. The number of hydrogen-bond acceptors (Lipinski definition) is 3. The molecule has 1 saturated heterocycles. The smallest absolute Gasteiger partial charge is 0.302 e. The molecule has 1 aliphatic heterocycles. The molecule has 0 aliphatic carbocycles. The average Bonchev–Trinajstić information content (AvgIpc) is 1.73. The summed E-state index contributed by atoms with van der Waals surface area (Å²) in [5, 5.41) is 0. The third kappa shape index (κ3) is 1.64. The monoisotopic (exact) mass is 206 g/mol. The Morgan fingerprint density at radius 1 is 1.70 bits per heavy atom. The van der Waals surface area contributed by atoms with Crippen LogP contribution in [0.15, 0.2) is 0 Å². The van der Waals surface area contributed by atoms with E-state index < -0.39 is 18.4 Å². The van der Waals surface area contributed by atoms with Gasteiger partial charge in [0.2, 0.25) is 0 Å². The second kappa shape index (κ2) is 2.34. The van der Waals surface area contributed by atoms with Crippen LogP contribution in [0, 0.1) is 0 Å². The Hall–Kier alpha value is 0.690. The highest BCUT2D eigenvalue weighted by molar-refractivity contribution is 7.48. The van der Waals surface area contributed by atoms with E-state index in [1.807, 2.05) is 0 Å². The zero-order valence-electron chi connectivity index (χ0n) is 4.95. The van der Waals surface area contributed by atoms with E-state index in [1.54, 1.807) is 0 Å². The quantitative estimate of drug-likeness (QED) is 0.484. The van der Waals surface area contributed by atoms with Crippen molar-refractivity contribution in [1.82, 2.24) is 0 Å². The average molecular weight is 207 g/mol. The Bertz CT molecular complexity index is 193. The van der Waals surface area contributed by atoms with E-state index in [4.69, 9.17) is 28.1 Å². The van der Waals surface area contributed by atoms with Crippen molar-refractivity contribution in [3.8, 4) is 0 Å². The summed E-state index contributed by atoms with van der Waals surface area (Å²) in [5.41, 5.74) is 0. The fraction of sp³-hybridized carbons (Fsp3) is 1.00. The highest BCUT2D eigenvalue weighted by atomic mass is 35.5. The van der Waals surface area contributed by atoms with Gasteiger partial charge in [0.05, 0.1) is 0 Å². The van der Waals surface area contributed by atoms with Crippen molar-refractivity contribution in [2.45, 2.75) is 17.5 Å². The summed E-state index contributed by atoms with van der Waals surface area (Å²) >= 11 is 10.8. The van der Waals surface area contributed by atoms with Crippen molar-refractivity contribution >= 4 is 31.0 Å². The van der Waals surface area contributed by atoms with Crippen LogP contribution in [0.2, 0.25) is 0 Å². The molecule has 0 amide bonds. The molecular weight excluding hydrogens is 202 g/mol. The molecule has 1 N–H and O–H groups in total. The van der Waals surface area contributed by atoms with Gasteiger partial charge in [0, 0.05) is 0 Å². The van der Waals surface area contributed by atoms with Gasteiger partial charge in [0.25, 0.3) is 4.52 Å². The van der Waals surface area contributed by atoms with E-state index >= 15 is 0 Å². The van der Waals surface area contributed by atoms with Gasteiger partial charge >= 0.3 is 7.82 Å². The molecule has 2 atom stereocenters. The SMILES string of the molecule is CC1OP(=O)(O)OC1(Cl)Cl. The van der Waals surface area contributed by atoms with Crippen LogP contribution >= 0.6 is 31.0 Å². The molecular formula is C3H5Cl2O4P. The summed E-state index contributed by atoms with van der Waals surface area (Å²) in [6.07, 6.45) is -0.799. The maximum absolute atomic E-state index is 10.6. The lowest BCUT2D eigenvalue weighted by Gasteiger charge is -2.11. The molecule has 0 spiro atoms. The number of phosphoric ester groups is 1. The molecule has 0 bridgehead atoms. The summed E-state index contributed by atoms with van der Waals surface area (Å²) in [5.74, 6) is 0. The third-order valence-corrected chi connectivity index (χ3v) is 3.09. The van der Waals surface area contributed by atoms with Crippen molar-refractivity contribution < 1.29 is 18.5 Å². The molecule has 1 heterocycles. The van der Waals surface area contributed by atoms with Gasteiger partial charge in [-0.3, -0.25) is 4.52 Å². The van der Waals surface area contributed by atoms with Crippen LogP contribution in [0.25, 0.3) is 0 Å². The Kier molecular flexibility index (Phi) is 2.05. The Labute approximate surface area is 67.6 Å². The molecule has 2 unspecified atom stereocenters. The molecule has 4 nitrogen and oxygen atoms in total. The first-order chi connectivity index (χ1) is 4.33. The molecule has 60 valence electrons. The van der Waals surface area contributed by atoms with E-state index in [-0.39, 0.29) is 0 Å². The molecule has 0 saturated carbocycles. The molecule has 1 aliphatic rings. The van der Waals surface area contributed by atoms with Crippen LogP contribution in [0.4, 0.5) is 0 Å². The largest absolute Gasteiger partial charge is 0.475 e. The predicted octanol–water partition coefficient (Wildman–Crippen LogP) is 1.65. The van der Waals surface area contributed by atoms with E-state index in [0.29, 0.717) is 0 Å². The van der Waals surface area contributed by atoms with Crippen LogP contribution in [0.5, 0.6) is 0 Å². The van der Waals surface area contributed by atoms with Crippen molar-refractivity contribution in [2.24, 2.45) is 0 Å². The molecule has 0 aromatic rings. The van der Waals surface area contributed by atoms with Crippen molar-refractivity contribution in [1.29, 1.82) is 0 Å². The van der Waals surface area contributed by atoms with Gasteiger partial charge < -0.3 is 4.89 Å². The van der Waals surface area contributed by atoms with E-state index in [1.165, 1.54) is 6.92 Å². The molecule has 0 aromatic carbocycles. The van der Waals surface area contributed by atoms with E-state index in [9.17, 15) is 4.57 Å². The Balaban J connectivity index is 2.81. The first kappa shape index (κ1) is 8.78. The predicted molar refractivity (Wildman–Crippen MR) is 35.9 cm³/mol. The summed E-state index contributed by atoms with van der Waals surface area (Å²) in [6, 6.07) is 0. The van der Waals surface area contributed by atoms with Gasteiger partial charge in [-0.25, -0.2) is 9.09 Å². The van der Waals surface area contributed by atoms with Crippen LogP contribution in [-0.2, 0) is 13.6 Å². The van der Waals surface area contributed by atoms with Crippen LogP contribution in [0.1, 0.15) is 6.92 Å². The standard InChI is InChI=1S/C3H5Cl2O4P/c1-2-3(4,5)9-10(6,7)8-2/h2H,1H3,(H,6,7). The number of rotatable bonds is 0. The highest BCUT2D eigenvalue weighted by Crippen LogP contribution is 2.59. The third-order valence-electron chi connectivity index (χ3n) is 1.00. The number of hydrogen-bond donors (Lipinski definition) is 1. The fourth-order valence-electron chi connectivity index (χ4n) is 0.511. The second-order valence-corrected chi connectivity index (χ2v) is 4.52. The molecule has 7 heteroatoms. The lowest BCUT2D eigenvalue weighted by atomic mass is 10.4. The van der Waals surface area contributed by atoms with Gasteiger partial charge in [-0.1, -0.05) is 23.2 Å². The van der Waals surface area contributed by atoms with Gasteiger partial charge in [-0.2, -0.15) is 0 Å². The molecule has 10 heavy (non-hydrogen) atoms. The number of phosphoric acid groups is 1. The molecule has 1 fully saturated rings. The maximum atomic E-state index is 10.6. The van der Waals surface area contributed by atoms with Crippen molar-refractivity contribution in [3.63, 3.8) is 0 Å².